The lowest BCUT2D eigenvalue weighted by Crippen LogP contribution is -2.26. The first-order valence-corrected chi connectivity index (χ1v) is 9.95. The Labute approximate surface area is 173 Å². The van der Waals surface area contributed by atoms with Crippen LogP contribution >= 0.6 is 15.9 Å². The Morgan fingerprint density at radius 3 is 2.36 bits per heavy atom. The van der Waals surface area contributed by atoms with Crippen molar-refractivity contribution in [1.29, 1.82) is 0 Å². The van der Waals surface area contributed by atoms with Gasteiger partial charge in [-0.15, -0.1) is 0 Å². The summed E-state index contributed by atoms with van der Waals surface area (Å²) < 4.78 is 11.3. The molecule has 2 rings (SSSR count). The summed E-state index contributed by atoms with van der Waals surface area (Å²) in [7, 11) is 1.58. The Balaban J connectivity index is 1.95. The summed E-state index contributed by atoms with van der Waals surface area (Å²) in [4.78, 5) is 24.4. The quantitative estimate of drug-likeness (QED) is 0.532. The molecular weight excluding hydrogens is 424 g/mol. The first-order chi connectivity index (χ1) is 13.5. The van der Waals surface area contributed by atoms with Crippen molar-refractivity contribution in [3.63, 3.8) is 0 Å². The maximum atomic E-state index is 12.5. The van der Waals surface area contributed by atoms with Crippen molar-refractivity contribution in [2.75, 3.05) is 32.2 Å². The second kappa shape index (κ2) is 11.5. The number of hydrogen-bond donors (Lipinski definition) is 2. The van der Waals surface area contributed by atoms with Gasteiger partial charge in [0.1, 0.15) is 5.75 Å². The summed E-state index contributed by atoms with van der Waals surface area (Å²) in [5.74, 6) is 0.296. The number of halogens is 1. The molecule has 0 radical (unpaired) electrons. The van der Waals surface area contributed by atoms with Gasteiger partial charge in [-0.25, -0.2) is 0 Å². The van der Waals surface area contributed by atoms with Crippen LogP contribution in [0.2, 0.25) is 0 Å². The van der Waals surface area contributed by atoms with Crippen molar-refractivity contribution >= 4 is 33.4 Å². The fraction of sp³-hybridized carbons (Fsp3) is 0.333. The molecular formula is C21H25BrN2O4. The Hall–Kier alpha value is -2.38. The number of rotatable bonds is 10. The molecule has 0 saturated carbocycles. The van der Waals surface area contributed by atoms with Crippen molar-refractivity contribution < 1.29 is 19.1 Å². The number of carbonyl (C=O) groups excluding carboxylic acids is 2. The molecule has 28 heavy (non-hydrogen) atoms. The number of nitrogens with one attached hydrogen (secondary N) is 2. The van der Waals surface area contributed by atoms with E-state index in [9.17, 15) is 9.59 Å². The summed E-state index contributed by atoms with van der Waals surface area (Å²) in [5.41, 5.74) is 1.64. The maximum Gasteiger partial charge on any atom is 0.255 e. The molecule has 0 saturated heterocycles. The molecule has 0 aliphatic rings. The zero-order valence-electron chi connectivity index (χ0n) is 16.1. The first kappa shape index (κ1) is 21.9. The van der Waals surface area contributed by atoms with Crippen LogP contribution in [0.1, 0.15) is 40.5 Å². The molecule has 150 valence electrons. The van der Waals surface area contributed by atoms with Crippen molar-refractivity contribution in [3.8, 4) is 5.75 Å². The van der Waals surface area contributed by atoms with Gasteiger partial charge >= 0.3 is 0 Å². The summed E-state index contributed by atoms with van der Waals surface area (Å²) in [5, 5.41) is 5.57. The van der Waals surface area contributed by atoms with Gasteiger partial charge in [0.15, 0.2) is 0 Å². The summed E-state index contributed by atoms with van der Waals surface area (Å²) in [6.45, 7) is 3.65. The number of amides is 2. The highest BCUT2D eigenvalue weighted by atomic mass is 79.9. The van der Waals surface area contributed by atoms with Gasteiger partial charge in [0.05, 0.1) is 17.7 Å². The average molecular weight is 449 g/mol. The van der Waals surface area contributed by atoms with Gasteiger partial charge in [-0.05, 0) is 64.8 Å². The molecule has 2 aromatic rings. The minimum atomic E-state index is -0.238. The highest BCUT2D eigenvalue weighted by Crippen LogP contribution is 2.26. The van der Waals surface area contributed by atoms with Crippen LogP contribution in [-0.4, -0.2) is 38.7 Å². The van der Waals surface area contributed by atoms with Gasteiger partial charge in [0.25, 0.3) is 11.8 Å². The second-order valence-electron chi connectivity index (χ2n) is 6.13. The van der Waals surface area contributed by atoms with Gasteiger partial charge < -0.3 is 20.1 Å². The predicted molar refractivity (Wildman–Crippen MR) is 113 cm³/mol. The molecule has 0 spiro atoms. The summed E-state index contributed by atoms with van der Waals surface area (Å²) >= 11 is 3.45. The number of ether oxygens (including phenoxy) is 2. The van der Waals surface area contributed by atoms with Crippen LogP contribution < -0.4 is 15.4 Å². The van der Waals surface area contributed by atoms with E-state index in [1.165, 1.54) is 0 Å². The number of benzene rings is 2. The number of carbonyl (C=O) groups is 2. The van der Waals surface area contributed by atoms with E-state index in [2.05, 4.69) is 33.5 Å². The minimum Gasteiger partial charge on any atom is -0.492 e. The van der Waals surface area contributed by atoms with Gasteiger partial charge in [-0.1, -0.05) is 13.3 Å². The predicted octanol–water partition coefficient (Wildman–Crippen LogP) is 4.26. The van der Waals surface area contributed by atoms with E-state index in [1.807, 2.05) is 0 Å². The van der Waals surface area contributed by atoms with E-state index >= 15 is 0 Å². The highest BCUT2D eigenvalue weighted by molar-refractivity contribution is 9.10. The van der Waals surface area contributed by atoms with Crippen LogP contribution in [-0.2, 0) is 4.74 Å². The molecule has 0 atom stereocenters. The second-order valence-corrected chi connectivity index (χ2v) is 6.98. The third-order valence-electron chi connectivity index (χ3n) is 3.95. The normalized spacial score (nSPS) is 10.4. The Morgan fingerprint density at radius 1 is 1.00 bits per heavy atom. The topological polar surface area (TPSA) is 76.7 Å². The van der Waals surface area contributed by atoms with E-state index in [0.717, 1.165) is 17.3 Å². The summed E-state index contributed by atoms with van der Waals surface area (Å²) in [6.07, 6.45) is 2.04. The standard InChI is InChI=1S/C21H25BrN2O4/c1-3-4-12-28-19-10-7-16(14-18(19)22)21(26)24-17-8-5-15(6-9-17)20(25)23-11-13-27-2/h5-10,14H,3-4,11-13H2,1-2H3,(H,23,25)(H,24,26). The van der Waals surface area contributed by atoms with E-state index in [4.69, 9.17) is 9.47 Å². The highest BCUT2D eigenvalue weighted by Gasteiger charge is 2.11. The lowest BCUT2D eigenvalue weighted by Gasteiger charge is -2.10. The fourth-order valence-electron chi connectivity index (χ4n) is 2.36. The van der Waals surface area contributed by atoms with E-state index in [0.29, 0.717) is 42.3 Å². The molecule has 2 amide bonds. The smallest absolute Gasteiger partial charge is 0.255 e. The van der Waals surface area contributed by atoms with E-state index < -0.39 is 0 Å². The number of anilines is 1. The molecule has 0 aliphatic heterocycles. The minimum absolute atomic E-state index is 0.183. The van der Waals surface area contributed by atoms with Crippen molar-refractivity contribution in [2.24, 2.45) is 0 Å². The van der Waals surface area contributed by atoms with Crippen LogP contribution in [0.3, 0.4) is 0 Å². The number of hydrogen-bond acceptors (Lipinski definition) is 4. The lowest BCUT2D eigenvalue weighted by molar-refractivity contribution is 0.0936. The number of unbranched alkanes of at least 4 members (excludes halogenated alkanes) is 1. The van der Waals surface area contributed by atoms with Crippen LogP contribution in [0.5, 0.6) is 5.75 Å². The largest absolute Gasteiger partial charge is 0.492 e. The van der Waals surface area contributed by atoms with Gasteiger partial charge in [-0.2, -0.15) is 0 Å². The molecule has 0 bridgehead atoms. The maximum absolute atomic E-state index is 12.5. The molecule has 7 heteroatoms. The number of methoxy groups -OCH3 is 1. The van der Waals surface area contributed by atoms with Crippen LogP contribution in [0.4, 0.5) is 5.69 Å². The first-order valence-electron chi connectivity index (χ1n) is 9.16. The van der Waals surface area contributed by atoms with Crippen molar-refractivity contribution in [3.05, 3.63) is 58.1 Å². The Morgan fingerprint density at radius 2 is 1.71 bits per heavy atom. The van der Waals surface area contributed by atoms with Gasteiger partial charge in [0.2, 0.25) is 0 Å². The van der Waals surface area contributed by atoms with Crippen molar-refractivity contribution in [1.82, 2.24) is 5.32 Å². The zero-order chi connectivity index (χ0) is 20.4. The average Bonchev–Trinajstić information content (AvgIpc) is 2.70. The third kappa shape index (κ3) is 6.65. The molecule has 0 unspecified atom stereocenters. The van der Waals surface area contributed by atoms with Crippen molar-refractivity contribution in [2.45, 2.75) is 19.8 Å². The molecule has 2 aromatic carbocycles. The third-order valence-corrected chi connectivity index (χ3v) is 4.57. The molecule has 2 N–H and O–H groups in total. The van der Waals surface area contributed by atoms with E-state index in [1.54, 1.807) is 49.6 Å². The molecule has 0 heterocycles. The monoisotopic (exact) mass is 448 g/mol. The van der Waals surface area contributed by atoms with Crippen LogP contribution in [0, 0.1) is 0 Å². The van der Waals surface area contributed by atoms with Crippen LogP contribution in [0.25, 0.3) is 0 Å². The molecule has 0 fully saturated rings. The van der Waals surface area contributed by atoms with E-state index in [-0.39, 0.29) is 11.8 Å². The van der Waals surface area contributed by atoms with Crippen LogP contribution in [0.15, 0.2) is 46.9 Å². The Kier molecular flexibility index (Phi) is 8.97. The van der Waals surface area contributed by atoms with Gasteiger partial charge in [-0.3, -0.25) is 9.59 Å². The van der Waals surface area contributed by atoms with Gasteiger partial charge in [0, 0.05) is 30.5 Å². The lowest BCUT2D eigenvalue weighted by atomic mass is 10.1. The Bertz CT molecular complexity index is 793. The molecule has 6 nitrogen and oxygen atoms in total. The fourth-order valence-corrected chi connectivity index (χ4v) is 2.86. The summed E-state index contributed by atoms with van der Waals surface area (Å²) in [6, 6.07) is 12.0. The SMILES string of the molecule is CCCCOc1ccc(C(=O)Nc2ccc(C(=O)NCCOC)cc2)cc1Br. The molecule has 0 aromatic heterocycles. The molecule has 0 aliphatic carbocycles. The zero-order valence-corrected chi connectivity index (χ0v) is 17.7.